The van der Waals surface area contributed by atoms with Crippen molar-refractivity contribution < 1.29 is 17.2 Å². The first-order chi connectivity index (χ1) is 14.3. The minimum absolute atomic E-state index is 0.0105. The second-order valence-corrected chi connectivity index (χ2v) is 8.81. The maximum atomic E-state index is 14.0. The van der Waals surface area contributed by atoms with E-state index in [9.17, 15) is 17.2 Å². The van der Waals surface area contributed by atoms with E-state index in [1.165, 1.54) is 22.9 Å². The molecule has 9 heteroatoms. The quantitative estimate of drug-likeness (QED) is 0.482. The van der Waals surface area contributed by atoms with E-state index in [1.807, 2.05) is 32.0 Å². The lowest BCUT2D eigenvalue weighted by Gasteiger charge is -2.26. The Morgan fingerprint density at radius 2 is 1.83 bits per heavy atom. The highest BCUT2D eigenvalue weighted by Crippen LogP contribution is 2.29. The van der Waals surface area contributed by atoms with Crippen molar-refractivity contribution in [3.8, 4) is 0 Å². The molecule has 0 aliphatic heterocycles. The minimum Gasteiger partial charge on any atom is -0.288 e. The zero-order valence-electron chi connectivity index (χ0n) is 16.3. The minimum atomic E-state index is -4.19. The molecule has 0 amide bonds. The van der Waals surface area contributed by atoms with Crippen molar-refractivity contribution in [2.45, 2.75) is 25.3 Å². The molecule has 2 aromatic carbocycles. The summed E-state index contributed by atoms with van der Waals surface area (Å²) in [7, 11) is -4.19. The molecule has 4 aromatic rings. The number of aryl methyl sites for hydroxylation is 2. The first-order valence-corrected chi connectivity index (χ1v) is 10.5. The Bertz CT molecular complexity index is 1350. The van der Waals surface area contributed by atoms with Gasteiger partial charge in [0.05, 0.1) is 12.2 Å². The van der Waals surface area contributed by atoms with Crippen LogP contribution in [0.4, 0.5) is 14.5 Å². The lowest BCUT2D eigenvalue weighted by atomic mass is 10.1. The summed E-state index contributed by atoms with van der Waals surface area (Å²) >= 11 is 0. The highest BCUT2D eigenvalue weighted by molar-refractivity contribution is 7.93. The van der Waals surface area contributed by atoms with Crippen LogP contribution in [-0.4, -0.2) is 23.0 Å². The fourth-order valence-electron chi connectivity index (χ4n) is 3.23. The van der Waals surface area contributed by atoms with Crippen LogP contribution in [0.5, 0.6) is 0 Å². The summed E-state index contributed by atoms with van der Waals surface area (Å²) in [4.78, 5) is -0.0856. The maximum Gasteiger partial charge on any atom is 0.268 e. The number of rotatable bonds is 5. The van der Waals surface area contributed by atoms with Crippen LogP contribution in [0.1, 0.15) is 16.7 Å². The molecule has 154 valence electrons. The molecule has 0 aliphatic carbocycles. The number of hydrogen-bond donors (Lipinski definition) is 0. The van der Waals surface area contributed by atoms with Gasteiger partial charge in [-0.2, -0.15) is 0 Å². The Morgan fingerprint density at radius 1 is 1.03 bits per heavy atom. The van der Waals surface area contributed by atoms with Crippen LogP contribution in [-0.2, 0) is 16.6 Å². The van der Waals surface area contributed by atoms with Gasteiger partial charge in [-0.05, 0) is 49.2 Å². The number of hydrogen-bond acceptors (Lipinski definition) is 4. The van der Waals surface area contributed by atoms with Gasteiger partial charge in [-0.15, -0.1) is 10.2 Å². The van der Waals surface area contributed by atoms with Crippen LogP contribution >= 0.6 is 0 Å². The van der Waals surface area contributed by atoms with E-state index in [0.717, 1.165) is 33.1 Å². The first kappa shape index (κ1) is 20.0. The third-order valence-electron chi connectivity index (χ3n) is 4.87. The summed E-state index contributed by atoms with van der Waals surface area (Å²) in [6.45, 7) is 3.70. The molecular formula is C21H18F2N4O2S. The second kappa shape index (κ2) is 7.49. The third kappa shape index (κ3) is 3.52. The van der Waals surface area contributed by atoms with Crippen molar-refractivity contribution in [2.75, 3.05) is 4.31 Å². The van der Waals surface area contributed by atoms with Crippen molar-refractivity contribution in [1.82, 2.24) is 14.6 Å². The average molecular weight is 428 g/mol. The van der Waals surface area contributed by atoms with Gasteiger partial charge in [-0.1, -0.05) is 23.8 Å². The number of halogens is 2. The molecule has 2 aromatic heterocycles. The molecular weight excluding hydrogens is 410 g/mol. The number of pyridine rings is 1. The van der Waals surface area contributed by atoms with Gasteiger partial charge in [-0.3, -0.25) is 8.71 Å². The van der Waals surface area contributed by atoms with E-state index in [0.29, 0.717) is 0 Å². The van der Waals surface area contributed by atoms with Crippen molar-refractivity contribution in [2.24, 2.45) is 0 Å². The van der Waals surface area contributed by atoms with E-state index in [4.69, 9.17) is 0 Å². The largest absolute Gasteiger partial charge is 0.288 e. The lowest BCUT2D eigenvalue weighted by molar-refractivity contribution is 0.508. The van der Waals surface area contributed by atoms with Gasteiger partial charge in [0, 0.05) is 12.3 Å². The molecule has 0 N–H and O–H groups in total. The molecule has 0 radical (unpaired) electrons. The SMILES string of the molecule is Cc1ccc(C)c(CN(c2ccc(F)c(F)c2)S(=O)(=O)c2cccn3cnnc23)c1. The average Bonchev–Trinajstić information content (AvgIpc) is 3.19. The van der Waals surface area contributed by atoms with Crippen LogP contribution < -0.4 is 4.31 Å². The second-order valence-electron chi connectivity index (χ2n) is 6.97. The molecule has 0 unspecified atom stereocenters. The van der Waals surface area contributed by atoms with Crippen LogP contribution in [0.15, 0.2) is 66.0 Å². The molecule has 0 saturated carbocycles. The maximum absolute atomic E-state index is 14.0. The smallest absolute Gasteiger partial charge is 0.268 e. The van der Waals surface area contributed by atoms with Crippen LogP contribution in [0, 0.1) is 25.5 Å². The Balaban J connectivity index is 1.91. The predicted molar refractivity (Wildman–Crippen MR) is 109 cm³/mol. The highest BCUT2D eigenvalue weighted by Gasteiger charge is 2.29. The summed E-state index contributed by atoms with van der Waals surface area (Å²) in [5.74, 6) is -2.18. The summed E-state index contributed by atoms with van der Waals surface area (Å²) in [6, 6.07) is 11.7. The Labute approximate surface area is 172 Å². The molecule has 0 spiro atoms. The van der Waals surface area contributed by atoms with Crippen LogP contribution in [0.2, 0.25) is 0 Å². The Kier molecular flexibility index (Phi) is 4.98. The van der Waals surface area contributed by atoms with Crippen molar-refractivity contribution in [3.05, 3.63) is 89.4 Å². The topological polar surface area (TPSA) is 67.6 Å². The number of sulfonamides is 1. The normalized spacial score (nSPS) is 11.7. The van der Waals surface area contributed by atoms with Gasteiger partial charge in [0.2, 0.25) is 0 Å². The van der Waals surface area contributed by atoms with Gasteiger partial charge >= 0.3 is 0 Å². The number of aromatic nitrogens is 3. The van der Waals surface area contributed by atoms with E-state index in [-0.39, 0.29) is 22.8 Å². The highest BCUT2D eigenvalue weighted by atomic mass is 32.2. The third-order valence-corrected chi connectivity index (χ3v) is 6.66. The fourth-order valence-corrected chi connectivity index (χ4v) is 4.79. The number of anilines is 1. The molecule has 0 bridgehead atoms. The van der Waals surface area contributed by atoms with Gasteiger partial charge in [0.1, 0.15) is 11.2 Å². The van der Waals surface area contributed by atoms with E-state index in [2.05, 4.69) is 10.2 Å². The number of benzene rings is 2. The number of nitrogens with zero attached hydrogens (tertiary/aromatic N) is 4. The van der Waals surface area contributed by atoms with Crippen LogP contribution in [0.3, 0.4) is 0 Å². The Morgan fingerprint density at radius 3 is 2.60 bits per heavy atom. The van der Waals surface area contributed by atoms with Gasteiger partial charge in [-0.25, -0.2) is 17.2 Å². The molecule has 0 aliphatic rings. The monoisotopic (exact) mass is 428 g/mol. The first-order valence-electron chi connectivity index (χ1n) is 9.09. The molecule has 30 heavy (non-hydrogen) atoms. The van der Waals surface area contributed by atoms with Crippen molar-refractivity contribution in [3.63, 3.8) is 0 Å². The summed E-state index contributed by atoms with van der Waals surface area (Å²) < 4.78 is 57.4. The standard InChI is InChI=1S/C21H18F2N4O2S/c1-14-5-6-15(2)16(10-14)12-27(17-7-8-18(22)19(23)11-17)30(28,29)20-4-3-9-26-13-24-25-21(20)26/h3-11,13H,12H2,1-2H3. The summed E-state index contributed by atoms with van der Waals surface area (Å²) in [5, 5.41) is 7.67. The van der Waals surface area contributed by atoms with E-state index >= 15 is 0 Å². The molecule has 6 nitrogen and oxygen atoms in total. The zero-order valence-corrected chi connectivity index (χ0v) is 17.1. The van der Waals surface area contributed by atoms with Gasteiger partial charge < -0.3 is 0 Å². The van der Waals surface area contributed by atoms with E-state index in [1.54, 1.807) is 12.3 Å². The molecule has 4 rings (SSSR count). The van der Waals surface area contributed by atoms with Gasteiger partial charge in [0.15, 0.2) is 17.3 Å². The molecule has 0 atom stereocenters. The van der Waals surface area contributed by atoms with Crippen molar-refractivity contribution >= 4 is 21.4 Å². The molecule has 0 fully saturated rings. The fraction of sp³-hybridized carbons (Fsp3) is 0.143. The summed E-state index contributed by atoms with van der Waals surface area (Å²) in [5.41, 5.74) is 2.74. The predicted octanol–water partition coefficient (Wildman–Crippen LogP) is 4.02. The Hall–Kier alpha value is -3.33. The van der Waals surface area contributed by atoms with E-state index < -0.39 is 21.7 Å². The lowest BCUT2D eigenvalue weighted by Crippen LogP contribution is -2.31. The van der Waals surface area contributed by atoms with Crippen LogP contribution in [0.25, 0.3) is 5.65 Å². The van der Waals surface area contributed by atoms with Gasteiger partial charge in [0.25, 0.3) is 10.0 Å². The molecule has 0 saturated heterocycles. The zero-order chi connectivity index (χ0) is 21.5. The van der Waals surface area contributed by atoms with Crippen molar-refractivity contribution in [1.29, 1.82) is 0 Å². The summed E-state index contributed by atoms with van der Waals surface area (Å²) in [6.07, 6.45) is 3.02. The number of fused-ring (bicyclic) bond motifs is 1. The molecule has 2 heterocycles.